The van der Waals surface area contributed by atoms with Crippen LogP contribution in [0.25, 0.3) is 0 Å². The first-order valence-corrected chi connectivity index (χ1v) is 10.2. The molecular formula is C17H25N3O5S. The highest BCUT2D eigenvalue weighted by molar-refractivity contribution is 7.91. The average molecular weight is 383 g/mol. The van der Waals surface area contributed by atoms with Crippen molar-refractivity contribution in [1.29, 1.82) is 0 Å². The highest BCUT2D eigenvalue weighted by Crippen LogP contribution is 2.11. The number of hydrogen-bond acceptors (Lipinski definition) is 6. The van der Waals surface area contributed by atoms with Crippen LogP contribution < -0.4 is 5.32 Å². The third kappa shape index (κ3) is 5.99. The molecule has 0 spiro atoms. The van der Waals surface area contributed by atoms with E-state index in [2.05, 4.69) is 15.0 Å². The van der Waals surface area contributed by atoms with E-state index in [1.807, 2.05) is 0 Å². The van der Waals surface area contributed by atoms with Crippen molar-refractivity contribution in [3.05, 3.63) is 30.3 Å². The first kappa shape index (κ1) is 20.2. The molecule has 1 N–H and O–H groups in total. The van der Waals surface area contributed by atoms with Gasteiger partial charge in [-0.1, -0.05) is 18.2 Å². The second kappa shape index (κ2) is 9.54. The number of rotatable bonds is 7. The van der Waals surface area contributed by atoms with Gasteiger partial charge in [0.15, 0.2) is 9.84 Å². The summed E-state index contributed by atoms with van der Waals surface area (Å²) >= 11 is 0. The van der Waals surface area contributed by atoms with Crippen LogP contribution >= 0.6 is 0 Å². The molecule has 9 heteroatoms. The number of methoxy groups -OCH3 is 1. The highest BCUT2D eigenvalue weighted by atomic mass is 32.2. The second-order valence-electron chi connectivity index (χ2n) is 6.03. The minimum Gasteiger partial charge on any atom is -0.453 e. The van der Waals surface area contributed by atoms with E-state index in [0.717, 1.165) is 0 Å². The van der Waals surface area contributed by atoms with Crippen molar-refractivity contribution in [1.82, 2.24) is 15.1 Å². The number of ether oxygens (including phenoxy) is 1. The SMILES string of the molecule is COC(=O)N1CCN(CCNC(=O)CCS(=O)(=O)c2ccccc2)CC1. The van der Waals surface area contributed by atoms with Gasteiger partial charge in [-0.25, -0.2) is 13.2 Å². The maximum atomic E-state index is 12.1. The number of nitrogens with zero attached hydrogens (tertiary/aromatic N) is 2. The zero-order chi connectivity index (χ0) is 19.0. The van der Waals surface area contributed by atoms with Crippen LogP contribution in [0.2, 0.25) is 0 Å². The molecule has 1 aliphatic rings. The summed E-state index contributed by atoms with van der Waals surface area (Å²) in [4.78, 5) is 27.3. The molecule has 0 radical (unpaired) electrons. The number of benzene rings is 1. The topological polar surface area (TPSA) is 96.0 Å². The van der Waals surface area contributed by atoms with Crippen molar-refractivity contribution in [2.24, 2.45) is 0 Å². The summed E-state index contributed by atoms with van der Waals surface area (Å²) in [6.45, 7) is 3.72. The van der Waals surface area contributed by atoms with Gasteiger partial charge in [-0.15, -0.1) is 0 Å². The predicted molar refractivity (Wildman–Crippen MR) is 96.5 cm³/mol. The van der Waals surface area contributed by atoms with Gasteiger partial charge in [0.1, 0.15) is 0 Å². The number of amides is 2. The number of carbonyl (C=O) groups excluding carboxylic acids is 2. The normalized spacial score (nSPS) is 15.5. The first-order valence-electron chi connectivity index (χ1n) is 8.52. The highest BCUT2D eigenvalue weighted by Gasteiger charge is 2.21. The first-order chi connectivity index (χ1) is 12.4. The van der Waals surface area contributed by atoms with E-state index < -0.39 is 9.84 Å². The molecule has 2 amide bonds. The van der Waals surface area contributed by atoms with E-state index in [0.29, 0.717) is 39.3 Å². The molecule has 1 aromatic rings. The number of sulfone groups is 1. The number of carbonyl (C=O) groups is 2. The van der Waals surface area contributed by atoms with Gasteiger partial charge in [0, 0.05) is 45.7 Å². The molecule has 1 heterocycles. The average Bonchev–Trinajstić information content (AvgIpc) is 2.67. The van der Waals surface area contributed by atoms with Crippen LogP contribution in [0.15, 0.2) is 35.2 Å². The number of piperazine rings is 1. The minimum absolute atomic E-state index is 0.0622. The Labute approximate surface area is 154 Å². The van der Waals surface area contributed by atoms with Crippen LogP contribution in [0.5, 0.6) is 0 Å². The Bertz CT molecular complexity index is 700. The Balaban J connectivity index is 1.65. The van der Waals surface area contributed by atoms with E-state index in [9.17, 15) is 18.0 Å². The second-order valence-corrected chi connectivity index (χ2v) is 8.14. The van der Waals surface area contributed by atoms with Gasteiger partial charge in [0.05, 0.1) is 17.8 Å². The molecule has 2 rings (SSSR count). The van der Waals surface area contributed by atoms with E-state index in [1.165, 1.54) is 19.2 Å². The van der Waals surface area contributed by atoms with Crippen molar-refractivity contribution in [3.63, 3.8) is 0 Å². The van der Waals surface area contributed by atoms with Crippen LogP contribution in [0.4, 0.5) is 4.79 Å². The molecule has 0 bridgehead atoms. The quantitative estimate of drug-likeness (QED) is 0.730. The molecule has 1 fully saturated rings. The van der Waals surface area contributed by atoms with Gasteiger partial charge in [-0.2, -0.15) is 0 Å². The van der Waals surface area contributed by atoms with Crippen LogP contribution in [0, 0.1) is 0 Å². The predicted octanol–water partition coefficient (Wildman–Crippen LogP) is 0.351. The third-order valence-corrected chi connectivity index (χ3v) is 5.99. The van der Waals surface area contributed by atoms with Crippen molar-refractivity contribution in [2.75, 3.05) is 52.1 Å². The van der Waals surface area contributed by atoms with Gasteiger partial charge >= 0.3 is 6.09 Å². The molecule has 0 unspecified atom stereocenters. The fourth-order valence-electron chi connectivity index (χ4n) is 2.70. The molecule has 26 heavy (non-hydrogen) atoms. The third-order valence-electron chi connectivity index (χ3n) is 4.26. The smallest absolute Gasteiger partial charge is 0.409 e. The van der Waals surface area contributed by atoms with Crippen LogP contribution in [0.3, 0.4) is 0 Å². The Morgan fingerprint density at radius 3 is 2.38 bits per heavy atom. The summed E-state index contributed by atoms with van der Waals surface area (Å²) in [6, 6.07) is 8.12. The zero-order valence-electron chi connectivity index (χ0n) is 14.9. The van der Waals surface area contributed by atoms with E-state index in [1.54, 1.807) is 23.1 Å². The van der Waals surface area contributed by atoms with Crippen molar-refractivity contribution < 1.29 is 22.7 Å². The van der Waals surface area contributed by atoms with Crippen LogP contribution in [0.1, 0.15) is 6.42 Å². The summed E-state index contributed by atoms with van der Waals surface area (Å²) < 4.78 is 29.0. The molecule has 0 aromatic heterocycles. The lowest BCUT2D eigenvalue weighted by atomic mass is 10.3. The van der Waals surface area contributed by atoms with Gasteiger partial charge in [0.2, 0.25) is 5.91 Å². The van der Waals surface area contributed by atoms with Crippen molar-refractivity contribution in [3.8, 4) is 0 Å². The lowest BCUT2D eigenvalue weighted by molar-refractivity contribution is -0.120. The maximum absolute atomic E-state index is 12.1. The van der Waals surface area contributed by atoms with E-state index in [4.69, 9.17) is 0 Å². The lowest BCUT2D eigenvalue weighted by Gasteiger charge is -2.33. The molecule has 1 aromatic carbocycles. The summed E-state index contributed by atoms with van der Waals surface area (Å²) in [5.41, 5.74) is 0. The van der Waals surface area contributed by atoms with E-state index >= 15 is 0 Å². The molecule has 0 atom stereocenters. The molecule has 144 valence electrons. The Kier molecular flexibility index (Phi) is 7.40. The number of hydrogen-bond donors (Lipinski definition) is 1. The van der Waals surface area contributed by atoms with Crippen LogP contribution in [-0.2, 0) is 19.4 Å². The summed E-state index contributed by atoms with van der Waals surface area (Å²) in [6.07, 6.45) is -0.384. The lowest BCUT2D eigenvalue weighted by Crippen LogP contribution is -2.50. The van der Waals surface area contributed by atoms with Gasteiger partial charge < -0.3 is 15.0 Å². The van der Waals surface area contributed by atoms with Gasteiger partial charge in [0.25, 0.3) is 0 Å². The fraction of sp³-hybridized carbons (Fsp3) is 0.529. The molecule has 1 saturated heterocycles. The number of nitrogens with one attached hydrogen (secondary N) is 1. The van der Waals surface area contributed by atoms with Gasteiger partial charge in [-0.05, 0) is 12.1 Å². The monoisotopic (exact) mass is 383 g/mol. The Hall–Kier alpha value is -2.13. The molecule has 0 saturated carbocycles. The van der Waals surface area contributed by atoms with Crippen molar-refractivity contribution >= 4 is 21.8 Å². The Morgan fingerprint density at radius 1 is 1.12 bits per heavy atom. The molecule has 0 aliphatic carbocycles. The fourth-order valence-corrected chi connectivity index (χ4v) is 3.96. The van der Waals surface area contributed by atoms with Crippen LogP contribution in [-0.4, -0.2) is 82.3 Å². The maximum Gasteiger partial charge on any atom is 0.409 e. The summed E-state index contributed by atoms with van der Waals surface area (Å²) in [5.74, 6) is -0.488. The summed E-state index contributed by atoms with van der Waals surface area (Å²) in [5, 5.41) is 2.75. The Morgan fingerprint density at radius 2 is 1.77 bits per heavy atom. The molecule has 8 nitrogen and oxygen atoms in total. The van der Waals surface area contributed by atoms with Gasteiger partial charge in [-0.3, -0.25) is 9.69 Å². The largest absolute Gasteiger partial charge is 0.453 e. The standard InChI is InChI=1S/C17H25N3O5S/c1-25-17(22)20-12-10-19(11-13-20)9-8-18-16(21)7-14-26(23,24)15-5-3-2-4-6-15/h2-6H,7-14H2,1H3,(H,18,21). The zero-order valence-corrected chi connectivity index (χ0v) is 15.7. The van der Waals surface area contributed by atoms with Crippen molar-refractivity contribution in [2.45, 2.75) is 11.3 Å². The van der Waals surface area contributed by atoms with E-state index in [-0.39, 0.29) is 29.1 Å². The summed E-state index contributed by atoms with van der Waals surface area (Å²) in [7, 11) is -2.07. The minimum atomic E-state index is -3.44. The molecule has 1 aliphatic heterocycles. The molecular weight excluding hydrogens is 358 g/mol.